The van der Waals surface area contributed by atoms with Crippen molar-refractivity contribution in [3.8, 4) is 5.69 Å². The number of carbonyl (C=O) groups excluding carboxylic acids is 2. The second-order valence-corrected chi connectivity index (χ2v) is 6.56. The number of nitrogens with one attached hydrogen (secondary N) is 2. The molecular weight excluding hydrogens is 312 g/mol. The number of hydrogen-bond acceptors (Lipinski definition) is 4. The highest BCUT2D eigenvalue weighted by atomic mass is 32.2. The van der Waals surface area contributed by atoms with Crippen molar-refractivity contribution >= 4 is 23.7 Å². The summed E-state index contributed by atoms with van der Waals surface area (Å²) >= 11 is 1.30. The van der Waals surface area contributed by atoms with E-state index in [1.807, 2.05) is 24.6 Å². The van der Waals surface area contributed by atoms with Crippen LogP contribution in [0.5, 0.6) is 0 Å². The van der Waals surface area contributed by atoms with Crippen LogP contribution in [0.3, 0.4) is 0 Å². The van der Waals surface area contributed by atoms with Gasteiger partial charge in [0.25, 0.3) is 0 Å². The standard InChI is InChI=1S/C16H20N4O2S/c1-10-7-11(2)9-13(8-10)20-6-5-18-16(20)23-12(3)14(21)19-15(22)17-4/h5-9,12H,1-4H3,(H2,17,19,21,22). The zero-order chi connectivity index (χ0) is 17.0. The number of rotatable bonds is 4. The lowest BCUT2D eigenvalue weighted by atomic mass is 10.1. The first-order chi connectivity index (χ1) is 10.9. The highest BCUT2D eigenvalue weighted by Gasteiger charge is 2.19. The second-order valence-electron chi connectivity index (χ2n) is 5.25. The molecule has 6 nitrogen and oxygen atoms in total. The van der Waals surface area contributed by atoms with Gasteiger partial charge in [-0.3, -0.25) is 14.7 Å². The number of aryl methyl sites for hydroxylation is 2. The van der Waals surface area contributed by atoms with Gasteiger partial charge in [0.15, 0.2) is 5.16 Å². The van der Waals surface area contributed by atoms with Gasteiger partial charge in [-0.25, -0.2) is 9.78 Å². The molecule has 0 aliphatic heterocycles. The number of thioether (sulfide) groups is 1. The van der Waals surface area contributed by atoms with Gasteiger partial charge < -0.3 is 5.32 Å². The minimum Gasteiger partial charge on any atom is -0.341 e. The maximum Gasteiger partial charge on any atom is 0.321 e. The third-order valence-electron chi connectivity index (χ3n) is 3.21. The van der Waals surface area contributed by atoms with Crippen molar-refractivity contribution < 1.29 is 9.59 Å². The van der Waals surface area contributed by atoms with Crippen LogP contribution in [-0.4, -0.2) is 33.8 Å². The second kappa shape index (κ2) is 7.32. The average Bonchev–Trinajstić information content (AvgIpc) is 2.94. The van der Waals surface area contributed by atoms with Crippen molar-refractivity contribution in [2.75, 3.05) is 7.05 Å². The van der Waals surface area contributed by atoms with Crippen LogP contribution in [0.25, 0.3) is 5.69 Å². The van der Waals surface area contributed by atoms with E-state index in [4.69, 9.17) is 0 Å². The number of hydrogen-bond donors (Lipinski definition) is 2. The molecule has 0 aliphatic carbocycles. The van der Waals surface area contributed by atoms with Crippen molar-refractivity contribution in [3.05, 3.63) is 41.7 Å². The Labute approximate surface area is 139 Å². The SMILES string of the molecule is CNC(=O)NC(=O)C(C)Sc1nccn1-c1cc(C)cc(C)c1. The van der Waals surface area contributed by atoms with E-state index >= 15 is 0 Å². The summed E-state index contributed by atoms with van der Waals surface area (Å²) in [5, 5.41) is 4.89. The molecule has 122 valence electrons. The lowest BCUT2D eigenvalue weighted by molar-refractivity contribution is -0.119. The first-order valence-corrected chi connectivity index (χ1v) is 8.10. The minimum atomic E-state index is -0.514. The summed E-state index contributed by atoms with van der Waals surface area (Å²) in [5.41, 5.74) is 3.33. The van der Waals surface area contributed by atoms with Gasteiger partial charge in [0.05, 0.1) is 5.25 Å². The van der Waals surface area contributed by atoms with Crippen LogP contribution < -0.4 is 10.6 Å². The average molecular weight is 332 g/mol. The molecule has 2 N–H and O–H groups in total. The fraction of sp³-hybridized carbons (Fsp3) is 0.312. The molecule has 0 bridgehead atoms. The van der Waals surface area contributed by atoms with Crippen molar-refractivity contribution in [2.45, 2.75) is 31.2 Å². The normalized spacial score (nSPS) is 11.8. The number of amides is 3. The Hall–Kier alpha value is -2.28. The molecule has 0 saturated carbocycles. The number of aromatic nitrogens is 2. The Bertz CT molecular complexity index is 706. The summed E-state index contributed by atoms with van der Waals surface area (Å²) in [7, 11) is 1.47. The predicted octanol–water partition coefficient (Wildman–Crippen LogP) is 2.43. The molecular formula is C16H20N4O2S. The molecule has 0 fully saturated rings. The van der Waals surface area contributed by atoms with E-state index in [9.17, 15) is 9.59 Å². The summed E-state index contributed by atoms with van der Waals surface area (Å²) in [5.74, 6) is -0.357. The molecule has 23 heavy (non-hydrogen) atoms. The number of imide groups is 1. The number of carbonyl (C=O) groups is 2. The molecule has 1 atom stereocenters. The highest BCUT2D eigenvalue weighted by molar-refractivity contribution is 8.00. The summed E-state index contributed by atoms with van der Waals surface area (Å²) < 4.78 is 1.94. The number of nitrogens with zero attached hydrogens (tertiary/aromatic N) is 2. The number of benzene rings is 1. The van der Waals surface area contributed by atoms with Crippen LogP contribution in [0.1, 0.15) is 18.1 Å². The molecule has 2 aromatic rings. The zero-order valence-electron chi connectivity index (χ0n) is 13.6. The molecule has 2 rings (SSSR count). The van der Waals surface area contributed by atoms with Crippen molar-refractivity contribution in [3.63, 3.8) is 0 Å². The van der Waals surface area contributed by atoms with Crippen molar-refractivity contribution in [1.82, 2.24) is 20.2 Å². The monoisotopic (exact) mass is 332 g/mol. The van der Waals surface area contributed by atoms with E-state index < -0.39 is 11.3 Å². The summed E-state index contributed by atoms with van der Waals surface area (Å²) in [6.07, 6.45) is 3.56. The van der Waals surface area contributed by atoms with E-state index in [2.05, 4.69) is 33.8 Å². The van der Waals surface area contributed by atoms with Gasteiger partial charge in [-0.1, -0.05) is 17.8 Å². The molecule has 1 aromatic heterocycles. The predicted molar refractivity (Wildman–Crippen MR) is 91.0 cm³/mol. The van der Waals surface area contributed by atoms with E-state index in [0.29, 0.717) is 5.16 Å². The van der Waals surface area contributed by atoms with Crippen LogP contribution in [-0.2, 0) is 4.79 Å². The quantitative estimate of drug-likeness (QED) is 0.843. The smallest absolute Gasteiger partial charge is 0.321 e. The van der Waals surface area contributed by atoms with Crippen LogP contribution in [0.15, 0.2) is 35.7 Å². The van der Waals surface area contributed by atoms with Crippen LogP contribution in [0, 0.1) is 13.8 Å². The highest BCUT2D eigenvalue weighted by Crippen LogP contribution is 2.25. The maximum absolute atomic E-state index is 12.0. The molecule has 1 unspecified atom stereocenters. The zero-order valence-corrected chi connectivity index (χ0v) is 14.4. The topological polar surface area (TPSA) is 76.0 Å². The van der Waals surface area contributed by atoms with Gasteiger partial charge in [-0.05, 0) is 44.0 Å². The Morgan fingerprint density at radius 1 is 1.22 bits per heavy atom. The van der Waals surface area contributed by atoms with Crippen molar-refractivity contribution in [2.24, 2.45) is 0 Å². The van der Waals surface area contributed by atoms with Crippen LogP contribution >= 0.6 is 11.8 Å². The van der Waals surface area contributed by atoms with E-state index in [1.165, 1.54) is 18.8 Å². The summed E-state index contributed by atoms with van der Waals surface area (Å²) in [6.45, 7) is 5.82. The molecule has 0 spiro atoms. The molecule has 1 heterocycles. The Morgan fingerprint density at radius 2 is 1.87 bits per heavy atom. The Kier molecular flexibility index (Phi) is 5.44. The van der Waals surface area contributed by atoms with Gasteiger partial charge >= 0.3 is 6.03 Å². The largest absolute Gasteiger partial charge is 0.341 e. The van der Waals surface area contributed by atoms with E-state index in [0.717, 1.165) is 16.8 Å². The van der Waals surface area contributed by atoms with Crippen LogP contribution in [0.2, 0.25) is 0 Å². The van der Waals surface area contributed by atoms with Gasteiger partial charge in [0, 0.05) is 25.1 Å². The Balaban J connectivity index is 2.18. The molecule has 1 aromatic carbocycles. The minimum absolute atomic E-state index is 0.357. The third kappa shape index (κ3) is 4.35. The lowest BCUT2D eigenvalue weighted by Crippen LogP contribution is -2.41. The molecule has 7 heteroatoms. The number of imidazole rings is 1. The summed E-state index contributed by atoms with van der Waals surface area (Å²) in [6, 6.07) is 5.72. The first-order valence-electron chi connectivity index (χ1n) is 7.22. The van der Waals surface area contributed by atoms with Crippen molar-refractivity contribution in [1.29, 1.82) is 0 Å². The van der Waals surface area contributed by atoms with E-state index in [-0.39, 0.29) is 5.91 Å². The fourth-order valence-corrected chi connectivity index (χ4v) is 3.03. The van der Waals surface area contributed by atoms with Crippen LogP contribution in [0.4, 0.5) is 4.79 Å². The van der Waals surface area contributed by atoms with Gasteiger partial charge in [0.2, 0.25) is 5.91 Å². The first kappa shape index (κ1) is 17.1. The Morgan fingerprint density at radius 3 is 2.48 bits per heavy atom. The lowest BCUT2D eigenvalue weighted by Gasteiger charge is -2.13. The van der Waals surface area contributed by atoms with E-state index in [1.54, 1.807) is 13.1 Å². The van der Waals surface area contributed by atoms with Gasteiger partial charge in [-0.15, -0.1) is 0 Å². The molecule has 0 radical (unpaired) electrons. The van der Waals surface area contributed by atoms with Gasteiger partial charge in [0.1, 0.15) is 0 Å². The molecule has 0 aliphatic rings. The van der Waals surface area contributed by atoms with Gasteiger partial charge in [-0.2, -0.15) is 0 Å². The molecule has 0 saturated heterocycles. The maximum atomic E-state index is 12.0. The third-order valence-corrected chi connectivity index (χ3v) is 4.29. The molecule has 3 amide bonds. The summed E-state index contributed by atoms with van der Waals surface area (Å²) in [4.78, 5) is 27.5. The fourth-order valence-electron chi connectivity index (χ4n) is 2.15. The number of urea groups is 1.